The van der Waals surface area contributed by atoms with Crippen LogP contribution in [0.2, 0.25) is 0 Å². The van der Waals surface area contributed by atoms with Crippen LogP contribution < -0.4 is 5.46 Å². The van der Waals surface area contributed by atoms with Crippen LogP contribution in [-0.2, 0) is 14.0 Å². The van der Waals surface area contributed by atoms with Gasteiger partial charge in [0.2, 0.25) is 0 Å². The van der Waals surface area contributed by atoms with Crippen LogP contribution in [0.5, 0.6) is 0 Å². The Bertz CT molecular complexity index is 449. The van der Waals surface area contributed by atoms with Crippen LogP contribution in [0.25, 0.3) is 0 Å². The molecule has 0 amide bonds. The van der Waals surface area contributed by atoms with Gasteiger partial charge < -0.3 is 14.0 Å². The molecular formula is C14H19BO4. The van der Waals surface area contributed by atoms with Gasteiger partial charge in [0.25, 0.3) is 0 Å². The number of carbonyl (C=O) groups excluding carboxylic acids is 1. The zero-order chi connectivity index (χ0) is 13.9. The van der Waals surface area contributed by atoms with Gasteiger partial charge in [-0.25, -0.2) is 4.79 Å². The third kappa shape index (κ3) is 3.58. The largest absolute Gasteiger partial charge is 0.493 e. The standard InChI is InChI=1S/C14H19BO4/c1-4-17-13(16)11-6-5-7-12(8-11)15-18-9-14(2,3)10-19-15/h5-8H,4,9-10H2,1-3H3. The minimum absolute atomic E-state index is 0.0370. The Kier molecular flexibility index (Phi) is 4.27. The molecule has 102 valence electrons. The quantitative estimate of drug-likeness (QED) is 0.613. The van der Waals surface area contributed by atoms with Crippen molar-refractivity contribution in [1.82, 2.24) is 0 Å². The van der Waals surface area contributed by atoms with Crippen molar-refractivity contribution in [3.8, 4) is 0 Å². The first-order chi connectivity index (χ1) is 9.02. The molecular weight excluding hydrogens is 243 g/mol. The van der Waals surface area contributed by atoms with E-state index in [9.17, 15) is 4.79 Å². The van der Waals surface area contributed by atoms with E-state index < -0.39 is 7.12 Å². The van der Waals surface area contributed by atoms with Gasteiger partial charge in [0.15, 0.2) is 0 Å². The van der Waals surface area contributed by atoms with Crippen molar-refractivity contribution in [3.63, 3.8) is 0 Å². The number of carbonyl (C=O) groups is 1. The fourth-order valence-electron chi connectivity index (χ4n) is 1.91. The van der Waals surface area contributed by atoms with E-state index in [-0.39, 0.29) is 11.4 Å². The van der Waals surface area contributed by atoms with E-state index in [0.29, 0.717) is 25.4 Å². The van der Waals surface area contributed by atoms with Crippen molar-refractivity contribution >= 4 is 18.6 Å². The lowest BCUT2D eigenvalue weighted by atomic mass is 9.75. The Labute approximate surface area is 114 Å². The van der Waals surface area contributed by atoms with E-state index in [1.807, 2.05) is 12.1 Å². The van der Waals surface area contributed by atoms with Gasteiger partial charge in [-0.1, -0.05) is 26.0 Å². The molecule has 2 rings (SSSR count). The van der Waals surface area contributed by atoms with Crippen LogP contribution in [0, 0.1) is 5.41 Å². The maximum absolute atomic E-state index is 11.7. The third-order valence-electron chi connectivity index (χ3n) is 2.92. The molecule has 0 N–H and O–H groups in total. The zero-order valence-corrected chi connectivity index (χ0v) is 11.6. The lowest BCUT2D eigenvalue weighted by molar-refractivity contribution is 0.0343. The normalized spacial score (nSPS) is 18.2. The van der Waals surface area contributed by atoms with Crippen molar-refractivity contribution in [2.45, 2.75) is 20.8 Å². The highest BCUT2D eigenvalue weighted by atomic mass is 16.6. The molecule has 4 nitrogen and oxygen atoms in total. The van der Waals surface area contributed by atoms with Crippen molar-refractivity contribution in [2.24, 2.45) is 5.41 Å². The van der Waals surface area contributed by atoms with Crippen LogP contribution in [0.3, 0.4) is 0 Å². The SMILES string of the molecule is CCOC(=O)c1cccc(B2OCC(C)(C)CO2)c1. The van der Waals surface area contributed by atoms with Crippen LogP contribution in [-0.4, -0.2) is 32.9 Å². The van der Waals surface area contributed by atoms with Crippen LogP contribution >= 0.6 is 0 Å². The fourth-order valence-corrected chi connectivity index (χ4v) is 1.91. The summed E-state index contributed by atoms with van der Waals surface area (Å²) >= 11 is 0. The molecule has 1 aliphatic heterocycles. The smallest absolute Gasteiger partial charge is 0.462 e. The molecule has 1 aromatic rings. The molecule has 0 bridgehead atoms. The number of hydrogen-bond donors (Lipinski definition) is 0. The highest BCUT2D eigenvalue weighted by molar-refractivity contribution is 6.61. The molecule has 0 aliphatic carbocycles. The molecule has 0 spiro atoms. The maximum Gasteiger partial charge on any atom is 0.493 e. The summed E-state index contributed by atoms with van der Waals surface area (Å²) in [7, 11) is -0.401. The average molecular weight is 262 g/mol. The number of rotatable bonds is 3. The van der Waals surface area contributed by atoms with Gasteiger partial charge in [-0.15, -0.1) is 0 Å². The van der Waals surface area contributed by atoms with Crippen molar-refractivity contribution in [1.29, 1.82) is 0 Å². The summed E-state index contributed by atoms with van der Waals surface area (Å²) in [5.41, 5.74) is 1.41. The van der Waals surface area contributed by atoms with Gasteiger partial charge in [0.05, 0.1) is 12.2 Å². The van der Waals surface area contributed by atoms with E-state index in [1.165, 1.54) is 0 Å². The molecule has 1 fully saturated rings. The van der Waals surface area contributed by atoms with E-state index in [1.54, 1.807) is 19.1 Å². The molecule has 19 heavy (non-hydrogen) atoms. The molecule has 1 saturated heterocycles. The number of ether oxygens (including phenoxy) is 1. The molecule has 0 aromatic heterocycles. The Morgan fingerprint density at radius 3 is 2.68 bits per heavy atom. The van der Waals surface area contributed by atoms with E-state index in [2.05, 4.69) is 13.8 Å². The summed E-state index contributed by atoms with van der Waals surface area (Å²) in [6.45, 7) is 7.63. The van der Waals surface area contributed by atoms with Gasteiger partial charge in [-0.2, -0.15) is 0 Å². The van der Waals surface area contributed by atoms with Gasteiger partial charge in [0.1, 0.15) is 0 Å². The molecule has 5 heteroatoms. The van der Waals surface area contributed by atoms with Crippen LogP contribution in [0.1, 0.15) is 31.1 Å². The minimum atomic E-state index is -0.401. The highest BCUT2D eigenvalue weighted by Gasteiger charge is 2.33. The van der Waals surface area contributed by atoms with Gasteiger partial charge in [-0.05, 0) is 24.5 Å². The van der Waals surface area contributed by atoms with Gasteiger partial charge >= 0.3 is 13.1 Å². The first-order valence-electron chi connectivity index (χ1n) is 6.52. The van der Waals surface area contributed by atoms with Crippen LogP contribution in [0.4, 0.5) is 0 Å². The van der Waals surface area contributed by atoms with Crippen LogP contribution in [0.15, 0.2) is 24.3 Å². The van der Waals surface area contributed by atoms with Gasteiger partial charge in [-0.3, -0.25) is 0 Å². The highest BCUT2D eigenvalue weighted by Crippen LogP contribution is 2.21. The number of esters is 1. The van der Waals surface area contributed by atoms with Crippen molar-refractivity contribution in [3.05, 3.63) is 29.8 Å². The summed E-state index contributed by atoms with van der Waals surface area (Å²) in [6, 6.07) is 7.20. The molecule has 1 aliphatic rings. The van der Waals surface area contributed by atoms with E-state index in [0.717, 1.165) is 5.46 Å². The van der Waals surface area contributed by atoms with E-state index >= 15 is 0 Å². The third-order valence-corrected chi connectivity index (χ3v) is 2.92. The molecule has 1 aromatic carbocycles. The monoisotopic (exact) mass is 262 g/mol. The average Bonchev–Trinajstić information content (AvgIpc) is 2.39. The fraction of sp³-hybridized carbons (Fsp3) is 0.500. The molecule has 1 heterocycles. The van der Waals surface area contributed by atoms with Crippen molar-refractivity contribution in [2.75, 3.05) is 19.8 Å². The number of hydrogen-bond acceptors (Lipinski definition) is 4. The Morgan fingerprint density at radius 2 is 2.05 bits per heavy atom. The van der Waals surface area contributed by atoms with Crippen molar-refractivity contribution < 1.29 is 18.8 Å². The topological polar surface area (TPSA) is 44.8 Å². The molecule has 0 atom stereocenters. The summed E-state index contributed by atoms with van der Waals surface area (Å²) in [5, 5.41) is 0. The minimum Gasteiger partial charge on any atom is -0.462 e. The number of benzene rings is 1. The van der Waals surface area contributed by atoms with E-state index in [4.69, 9.17) is 14.0 Å². The second kappa shape index (κ2) is 5.76. The summed E-state index contributed by atoms with van der Waals surface area (Å²) in [6.07, 6.45) is 0. The Hall–Kier alpha value is -1.33. The molecule has 0 radical (unpaired) electrons. The summed E-state index contributed by atoms with van der Waals surface area (Å²) < 4.78 is 16.4. The summed E-state index contributed by atoms with van der Waals surface area (Å²) in [5.74, 6) is -0.319. The summed E-state index contributed by atoms with van der Waals surface area (Å²) in [4.78, 5) is 11.7. The van der Waals surface area contributed by atoms with Gasteiger partial charge in [0, 0.05) is 18.6 Å². The zero-order valence-electron chi connectivity index (χ0n) is 11.6. The Morgan fingerprint density at radius 1 is 1.37 bits per heavy atom. The molecule has 0 unspecified atom stereocenters. The second-order valence-electron chi connectivity index (χ2n) is 5.46. The Balaban J connectivity index is 2.09. The molecule has 0 saturated carbocycles. The lowest BCUT2D eigenvalue weighted by Crippen LogP contribution is -2.47. The first-order valence-corrected chi connectivity index (χ1v) is 6.52. The first kappa shape index (κ1) is 14.1. The predicted molar refractivity (Wildman–Crippen MR) is 73.5 cm³/mol. The second-order valence-corrected chi connectivity index (χ2v) is 5.46. The lowest BCUT2D eigenvalue weighted by Gasteiger charge is -2.33. The maximum atomic E-state index is 11.7. The predicted octanol–water partition coefficient (Wildman–Crippen LogP) is 1.63.